The summed E-state index contributed by atoms with van der Waals surface area (Å²) in [5, 5.41) is 9.94. The second-order valence-electron chi connectivity index (χ2n) is 4.46. The van der Waals surface area contributed by atoms with E-state index in [-0.39, 0.29) is 0 Å². The number of rotatable bonds is 9. The lowest BCUT2D eigenvalue weighted by Gasteiger charge is -2.25. The zero-order valence-corrected chi connectivity index (χ0v) is 11.5. The Hall–Kier alpha value is -1.06. The first kappa shape index (κ1) is 15.0. The summed E-state index contributed by atoms with van der Waals surface area (Å²) in [4.78, 5) is 2.16. The van der Waals surface area contributed by atoms with Crippen molar-refractivity contribution in [3.63, 3.8) is 0 Å². The predicted molar refractivity (Wildman–Crippen MR) is 76.1 cm³/mol. The normalized spacial score (nSPS) is 12.4. The van der Waals surface area contributed by atoms with Crippen LogP contribution in [0.15, 0.2) is 30.3 Å². The summed E-state index contributed by atoms with van der Waals surface area (Å²) < 4.78 is 5.44. The van der Waals surface area contributed by atoms with Gasteiger partial charge < -0.3 is 14.7 Å². The van der Waals surface area contributed by atoms with Gasteiger partial charge in [0.05, 0.1) is 12.7 Å². The Morgan fingerprint density at radius 2 is 1.94 bits per heavy atom. The van der Waals surface area contributed by atoms with Crippen molar-refractivity contribution in [3.8, 4) is 0 Å². The van der Waals surface area contributed by atoms with Crippen LogP contribution in [0.3, 0.4) is 0 Å². The Bertz CT molecular complexity index is 303. The van der Waals surface area contributed by atoms with E-state index in [1.54, 1.807) is 0 Å². The van der Waals surface area contributed by atoms with E-state index in [2.05, 4.69) is 30.9 Å². The second kappa shape index (κ2) is 8.95. The van der Waals surface area contributed by atoms with Gasteiger partial charge in [-0.15, -0.1) is 0 Å². The van der Waals surface area contributed by atoms with Gasteiger partial charge in [-0.25, -0.2) is 0 Å². The summed E-state index contributed by atoms with van der Waals surface area (Å²) >= 11 is 0. The van der Waals surface area contributed by atoms with Crippen molar-refractivity contribution < 1.29 is 9.84 Å². The molecule has 18 heavy (non-hydrogen) atoms. The molecule has 0 saturated heterocycles. The minimum absolute atomic E-state index is 0.420. The summed E-state index contributed by atoms with van der Waals surface area (Å²) in [6.07, 6.45) is 1.76. The van der Waals surface area contributed by atoms with E-state index in [0.717, 1.165) is 31.7 Å². The Morgan fingerprint density at radius 3 is 2.56 bits per heavy atom. The Labute approximate surface area is 110 Å². The maximum atomic E-state index is 9.94. The van der Waals surface area contributed by atoms with Crippen LogP contribution in [0.1, 0.15) is 26.7 Å². The minimum Gasteiger partial charge on any atom is -0.389 e. The van der Waals surface area contributed by atoms with Gasteiger partial charge in [0.1, 0.15) is 0 Å². The number of unbranched alkanes of at least 4 members (excludes halogenated alkanes) is 1. The third-order valence-corrected chi connectivity index (χ3v) is 2.89. The van der Waals surface area contributed by atoms with Crippen LogP contribution < -0.4 is 4.90 Å². The maximum Gasteiger partial charge on any atom is 0.0947 e. The van der Waals surface area contributed by atoms with Gasteiger partial charge in [-0.3, -0.25) is 0 Å². The number of likely N-dealkylation sites (N-methyl/N-ethyl adjacent to an activating group) is 1. The highest BCUT2D eigenvalue weighted by Gasteiger charge is 2.10. The van der Waals surface area contributed by atoms with E-state index in [1.165, 1.54) is 0 Å². The number of hydrogen-bond acceptors (Lipinski definition) is 3. The quantitative estimate of drug-likeness (QED) is 0.685. The van der Waals surface area contributed by atoms with E-state index in [1.807, 2.05) is 18.2 Å². The summed E-state index contributed by atoms with van der Waals surface area (Å²) in [5.41, 5.74) is 1.15. The molecule has 0 bridgehead atoms. The molecule has 3 nitrogen and oxygen atoms in total. The number of para-hydroxylation sites is 1. The maximum absolute atomic E-state index is 9.94. The van der Waals surface area contributed by atoms with Gasteiger partial charge in [0, 0.05) is 25.4 Å². The molecule has 3 heteroatoms. The van der Waals surface area contributed by atoms with Crippen LogP contribution in [0.25, 0.3) is 0 Å². The summed E-state index contributed by atoms with van der Waals surface area (Å²) in [6, 6.07) is 10.2. The molecule has 0 aliphatic carbocycles. The molecule has 0 aliphatic heterocycles. The predicted octanol–water partition coefficient (Wildman–Crippen LogP) is 2.69. The van der Waals surface area contributed by atoms with Gasteiger partial charge in [-0.2, -0.15) is 0 Å². The molecule has 1 unspecified atom stereocenters. The lowest BCUT2D eigenvalue weighted by molar-refractivity contribution is 0.0393. The van der Waals surface area contributed by atoms with E-state index < -0.39 is 6.10 Å². The molecule has 1 aromatic carbocycles. The van der Waals surface area contributed by atoms with E-state index in [4.69, 9.17) is 4.74 Å². The first-order valence-corrected chi connectivity index (χ1v) is 6.83. The second-order valence-corrected chi connectivity index (χ2v) is 4.46. The van der Waals surface area contributed by atoms with Gasteiger partial charge in [-0.05, 0) is 25.5 Å². The SMILES string of the molecule is CCCCOCC(O)CN(CC)c1ccccc1. The first-order valence-electron chi connectivity index (χ1n) is 6.83. The molecule has 1 N–H and O–H groups in total. The number of aliphatic hydroxyl groups excluding tert-OH is 1. The lowest BCUT2D eigenvalue weighted by Crippen LogP contribution is -2.34. The van der Waals surface area contributed by atoms with Crippen molar-refractivity contribution >= 4 is 5.69 Å². The van der Waals surface area contributed by atoms with Crippen molar-refractivity contribution in [2.45, 2.75) is 32.8 Å². The largest absolute Gasteiger partial charge is 0.389 e. The lowest BCUT2D eigenvalue weighted by atomic mass is 10.2. The van der Waals surface area contributed by atoms with Crippen molar-refractivity contribution in [1.82, 2.24) is 0 Å². The Morgan fingerprint density at radius 1 is 1.22 bits per heavy atom. The van der Waals surface area contributed by atoms with Crippen molar-refractivity contribution in [1.29, 1.82) is 0 Å². The molecular weight excluding hydrogens is 226 g/mol. The van der Waals surface area contributed by atoms with Gasteiger partial charge in [0.2, 0.25) is 0 Å². The summed E-state index contributed by atoms with van der Waals surface area (Å²) in [6.45, 7) is 6.89. The molecule has 0 saturated carbocycles. The molecule has 1 aromatic rings. The van der Waals surface area contributed by atoms with E-state index in [9.17, 15) is 5.11 Å². The van der Waals surface area contributed by atoms with Crippen LogP contribution in [-0.4, -0.2) is 37.5 Å². The third kappa shape index (κ3) is 5.52. The molecule has 0 amide bonds. The van der Waals surface area contributed by atoms with Gasteiger partial charge in [0.15, 0.2) is 0 Å². The highest BCUT2D eigenvalue weighted by atomic mass is 16.5. The monoisotopic (exact) mass is 251 g/mol. The van der Waals surface area contributed by atoms with Gasteiger partial charge in [0.25, 0.3) is 0 Å². The van der Waals surface area contributed by atoms with Crippen molar-refractivity contribution in [2.24, 2.45) is 0 Å². The van der Waals surface area contributed by atoms with Crippen LogP contribution in [0, 0.1) is 0 Å². The standard InChI is InChI=1S/C15H25NO2/c1-3-5-11-18-13-15(17)12-16(4-2)14-9-7-6-8-10-14/h6-10,15,17H,3-5,11-13H2,1-2H3. The third-order valence-electron chi connectivity index (χ3n) is 2.89. The van der Waals surface area contributed by atoms with Gasteiger partial charge >= 0.3 is 0 Å². The fourth-order valence-electron chi connectivity index (χ4n) is 1.83. The molecule has 0 aliphatic rings. The topological polar surface area (TPSA) is 32.7 Å². The molecule has 0 aromatic heterocycles. The zero-order chi connectivity index (χ0) is 13.2. The zero-order valence-electron chi connectivity index (χ0n) is 11.5. The first-order chi connectivity index (χ1) is 8.77. The number of aliphatic hydroxyl groups is 1. The molecule has 1 atom stereocenters. The average Bonchev–Trinajstić information content (AvgIpc) is 2.42. The molecule has 1 rings (SSSR count). The fraction of sp³-hybridized carbons (Fsp3) is 0.600. The van der Waals surface area contributed by atoms with Crippen LogP contribution in [0.5, 0.6) is 0 Å². The molecule has 102 valence electrons. The van der Waals surface area contributed by atoms with Crippen LogP contribution in [-0.2, 0) is 4.74 Å². The van der Waals surface area contributed by atoms with Crippen molar-refractivity contribution in [3.05, 3.63) is 30.3 Å². The van der Waals surface area contributed by atoms with E-state index in [0.29, 0.717) is 13.2 Å². The summed E-state index contributed by atoms with van der Waals surface area (Å²) in [7, 11) is 0. The highest BCUT2D eigenvalue weighted by molar-refractivity contribution is 5.45. The molecule has 0 spiro atoms. The van der Waals surface area contributed by atoms with Crippen LogP contribution in [0.4, 0.5) is 5.69 Å². The molecule has 0 fully saturated rings. The van der Waals surface area contributed by atoms with Crippen LogP contribution >= 0.6 is 0 Å². The van der Waals surface area contributed by atoms with E-state index >= 15 is 0 Å². The number of ether oxygens (including phenoxy) is 1. The number of hydrogen-bond donors (Lipinski definition) is 1. The average molecular weight is 251 g/mol. The molecule has 0 radical (unpaired) electrons. The number of anilines is 1. The molecule has 0 heterocycles. The smallest absolute Gasteiger partial charge is 0.0947 e. The highest BCUT2D eigenvalue weighted by Crippen LogP contribution is 2.13. The van der Waals surface area contributed by atoms with Crippen molar-refractivity contribution in [2.75, 3.05) is 31.2 Å². The number of benzene rings is 1. The minimum atomic E-state index is -0.429. The fourth-order valence-corrected chi connectivity index (χ4v) is 1.83. The summed E-state index contributed by atoms with van der Waals surface area (Å²) in [5.74, 6) is 0. The molecular formula is C15H25NO2. The Kier molecular flexibility index (Phi) is 7.46. The van der Waals surface area contributed by atoms with Gasteiger partial charge in [-0.1, -0.05) is 31.5 Å². The Balaban J connectivity index is 2.34. The number of nitrogens with zero attached hydrogens (tertiary/aromatic N) is 1. The van der Waals surface area contributed by atoms with Crippen LogP contribution in [0.2, 0.25) is 0 Å².